The molecule has 0 aliphatic heterocycles. The average molecular weight is 287 g/mol. The number of para-hydroxylation sites is 1. The van der Waals surface area contributed by atoms with E-state index >= 15 is 0 Å². The first kappa shape index (κ1) is 15.5. The van der Waals surface area contributed by atoms with Gasteiger partial charge in [0.25, 0.3) is 0 Å². The normalized spacial score (nSPS) is 10.9. The largest absolute Gasteiger partial charge is 0.454 e. The fourth-order valence-corrected chi connectivity index (χ4v) is 2.05. The predicted octanol–water partition coefficient (Wildman–Crippen LogP) is 4.67. The van der Waals surface area contributed by atoms with Crippen LogP contribution < -0.4 is 10.1 Å². The van der Waals surface area contributed by atoms with Crippen LogP contribution in [0.4, 0.5) is 4.39 Å². The Hall–Kier alpha value is -1.87. The molecule has 0 atom stereocenters. The molecule has 0 fully saturated rings. The fraction of sp³-hybridized carbons (Fsp3) is 0.333. The number of aryl methyl sites for hydroxylation is 1. The molecule has 0 saturated carbocycles. The van der Waals surface area contributed by atoms with E-state index in [0.717, 1.165) is 17.7 Å². The summed E-state index contributed by atoms with van der Waals surface area (Å²) in [6.45, 7) is 7.90. The molecule has 0 bridgehead atoms. The van der Waals surface area contributed by atoms with Crippen LogP contribution in [0.1, 0.15) is 25.0 Å². The van der Waals surface area contributed by atoms with Gasteiger partial charge in [-0.25, -0.2) is 4.39 Å². The molecule has 2 aromatic carbocycles. The highest BCUT2D eigenvalue weighted by Crippen LogP contribution is 2.28. The van der Waals surface area contributed by atoms with E-state index in [4.69, 9.17) is 4.74 Å². The highest BCUT2D eigenvalue weighted by atomic mass is 19.1. The second-order valence-electron chi connectivity index (χ2n) is 5.67. The molecule has 0 aliphatic carbocycles. The highest BCUT2D eigenvalue weighted by Gasteiger charge is 2.08. The minimum Gasteiger partial charge on any atom is -0.454 e. The maximum absolute atomic E-state index is 13.8. The summed E-state index contributed by atoms with van der Waals surface area (Å²) in [4.78, 5) is 0. The van der Waals surface area contributed by atoms with Crippen molar-refractivity contribution in [1.29, 1.82) is 0 Å². The van der Waals surface area contributed by atoms with Gasteiger partial charge in [-0.3, -0.25) is 0 Å². The third kappa shape index (κ3) is 4.57. The van der Waals surface area contributed by atoms with Crippen LogP contribution in [0.5, 0.6) is 11.5 Å². The van der Waals surface area contributed by atoms with Gasteiger partial charge >= 0.3 is 0 Å². The Balaban J connectivity index is 2.14. The Morgan fingerprint density at radius 3 is 2.62 bits per heavy atom. The third-order valence-corrected chi connectivity index (χ3v) is 3.15. The van der Waals surface area contributed by atoms with E-state index in [9.17, 15) is 4.39 Å². The summed E-state index contributed by atoms with van der Waals surface area (Å²) in [5.41, 5.74) is 2.00. The zero-order chi connectivity index (χ0) is 15.2. The molecule has 0 spiro atoms. The van der Waals surface area contributed by atoms with Crippen molar-refractivity contribution in [3.63, 3.8) is 0 Å². The number of hydrogen-bond donors (Lipinski definition) is 1. The minimum atomic E-state index is -0.342. The van der Waals surface area contributed by atoms with Crippen molar-refractivity contribution < 1.29 is 9.13 Å². The molecule has 0 aromatic heterocycles. The molecule has 0 radical (unpaired) electrons. The molecule has 0 aliphatic rings. The first-order valence-electron chi connectivity index (χ1n) is 7.29. The summed E-state index contributed by atoms with van der Waals surface area (Å²) < 4.78 is 19.6. The maximum atomic E-state index is 13.8. The number of benzene rings is 2. The quantitative estimate of drug-likeness (QED) is 0.833. The Labute approximate surface area is 126 Å². The molecule has 2 rings (SSSR count). The van der Waals surface area contributed by atoms with Gasteiger partial charge in [0.15, 0.2) is 11.6 Å². The van der Waals surface area contributed by atoms with Crippen molar-refractivity contribution in [2.75, 3.05) is 6.54 Å². The van der Waals surface area contributed by atoms with Gasteiger partial charge in [0.2, 0.25) is 0 Å². The lowest BCUT2D eigenvalue weighted by Crippen LogP contribution is -2.19. The Morgan fingerprint density at radius 1 is 1.10 bits per heavy atom. The van der Waals surface area contributed by atoms with Crippen LogP contribution in [0.15, 0.2) is 42.5 Å². The molecule has 1 N–H and O–H groups in total. The zero-order valence-corrected chi connectivity index (χ0v) is 12.8. The molecule has 0 amide bonds. The summed E-state index contributed by atoms with van der Waals surface area (Å²) in [5, 5.41) is 3.38. The number of nitrogens with one attached hydrogen (secondary N) is 1. The SMILES string of the molecule is Cc1ccc(F)c(Oc2ccccc2CNCC(C)C)c1. The third-order valence-electron chi connectivity index (χ3n) is 3.15. The lowest BCUT2D eigenvalue weighted by molar-refractivity contribution is 0.434. The van der Waals surface area contributed by atoms with Gasteiger partial charge in [0.1, 0.15) is 5.75 Å². The van der Waals surface area contributed by atoms with Crippen molar-refractivity contribution in [3.05, 3.63) is 59.4 Å². The predicted molar refractivity (Wildman–Crippen MR) is 84.2 cm³/mol. The summed E-state index contributed by atoms with van der Waals surface area (Å²) in [5.74, 6) is 1.21. The van der Waals surface area contributed by atoms with E-state index in [1.807, 2.05) is 31.2 Å². The van der Waals surface area contributed by atoms with Crippen LogP contribution in [0.2, 0.25) is 0 Å². The molecule has 112 valence electrons. The minimum absolute atomic E-state index is 0.270. The van der Waals surface area contributed by atoms with Gasteiger partial charge in [-0.2, -0.15) is 0 Å². The van der Waals surface area contributed by atoms with E-state index < -0.39 is 0 Å². The van der Waals surface area contributed by atoms with Crippen LogP contribution >= 0.6 is 0 Å². The molecular formula is C18H22FNO. The fourth-order valence-electron chi connectivity index (χ4n) is 2.05. The summed E-state index contributed by atoms with van der Waals surface area (Å²) in [6.07, 6.45) is 0. The summed E-state index contributed by atoms with van der Waals surface area (Å²) in [6, 6.07) is 12.6. The molecule has 21 heavy (non-hydrogen) atoms. The standard InChI is InChI=1S/C18H22FNO/c1-13(2)11-20-12-15-6-4-5-7-17(15)21-18-10-14(3)8-9-16(18)19/h4-10,13,20H,11-12H2,1-3H3. The van der Waals surface area contributed by atoms with Crippen LogP contribution in [0.3, 0.4) is 0 Å². The average Bonchev–Trinajstić information content (AvgIpc) is 2.44. The van der Waals surface area contributed by atoms with Crippen molar-refractivity contribution in [2.45, 2.75) is 27.3 Å². The van der Waals surface area contributed by atoms with Gasteiger partial charge in [-0.05, 0) is 43.1 Å². The molecule has 2 aromatic rings. The van der Waals surface area contributed by atoms with Gasteiger partial charge in [0, 0.05) is 12.1 Å². The second kappa shape index (κ2) is 7.23. The number of hydrogen-bond acceptors (Lipinski definition) is 2. The molecule has 0 unspecified atom stereocenters. The summed E-state index contributed by atoms with van der Waals surface area (Å²) in [7, 11) is 0. The van der Waals surface area contributed by atoms with Crippen molar-refractivity contribution in [2.24, 2.45) is 5.92 Å². The molecule has 0 heterocycles. The van der Waals surface area contributed by atoms with Crippen molar-refractivity contribution in [1.82, 2.24) is 5.32 Å². The van der Waals surface area contributed by atoms with Crippen LogP contribution in [-0.4, -0.2) is 6.54 Å². The van der Waals surface area contributed by atoms with Gasteiger partial charge in [0.05, 0.1) is 0 Å². The van der Waals surface area contributed by atoms with Gasteiger partial charge < -0.3 is 10.1 Å². The topological polar surface area (TPSA) is 21.3 Å². The first-order valence-corrected chi connectivity index (χ1v) is 7.29. The molecule has 2 nitrogen and oxygen atoms in total. The second-order valence-corrected chi connectivity index (χ2v) is 5.67. The first-order chi connectivity index (χ1) is 10.1. The van der Waals surface area contributed by atoms with E-state index in [0.29, 0.717) is 18.2 Å². The van der Waals surface area contributed by atoms with E-state index in [2.05, 4.69) is 19.2 Å². The lowest BCUT2D eigenvalue weighted by Gasteiger charge is -2.13. The molecule has 3 heteroatoms. The number of halogens is 1. The Morgan fingerprint density at radius 2 is 1.86 bits per heavy atom. The van der Waals surface area contributed by atoms with Gasteiger partial charge in [-0.1, -0.05) is 38.1 Å². The smallest absolute Gasteiger partial charge is 0.165 e. The van der Waals surface area contributed by atoms with Gasteiger partial charge in [-0.15, -0.1) is 0 Å². The van der Waals surface area contributed by atoms with E-state index in [-0.39, 0.29) is 11.6 Å². The Kier molecular flexibility index (Phi) is 5.34. The highest BCUT2D eigenvalue weighted by molar-refractivity contribution is 5.39. The Bertz CT molecular complexity index is 596. The number of rotatable bonds is 6. The van der Waals surface area contributed by atoms with Crippen LogP contribution in [0.25, 0.3) is 0 Å². The number of ether oxygens (including phenoxy) is 1. The van der Waals surface area contributed by atoms with E-state index in [1.165, 1.54) is 6.07 Å². The van der Waals surface area contributed by atoms with Crippen LogP contribution in [-0.2, 0) is 6.54 Å². The molecular weight excluding hydrogens is 265 g/mol. The summed E-state index contributed by atoms with van der Waals surface area (Å²) >= 11 is 0. The molecule has 0 saturated heterocycles. The zero-order valence-electron chi connectivity index (χ0n) is 12.8. The van der Waals surface area contributed by atoms with Crippen LogP contribution in [0, 0.1) is 18.7 Å². The van der Waals surface area contributed by atoms with Crippen molar-refractivity contribution >= 4 is 0 Å². The maximum Gasteiger partial charge on any atom is 0.165 e. The lowest BCUT2D eigenvalue weighted by atomic mass is 10.1. The monoisotopic (exact) mass is 287 g/mol. The van der Waals surface area contributed by atoms with Crippen molar-refractivity contribution in [3.8, 4) is 11.5 Å². The van der Waals surface area contributed by atoms with E-state index in [1.54, 1.807) is 12.1 Å².